The Morgan fingerprint density at radius 1 is 1.26 bits per heavy atom. The summed E-state index contributed by atoms with van der Waals surface area (Å²) in [6.45, 7) is 1.70. The molecule has 1 aliphatic rings. The van der Waals surface area contributed by atoms with E-state index in [2.05, 4.69) is 15.3 Å². The first-order valence-corrected chi connectivity index (χ1v) is 13.3. The molecule has 34 heavy (non-hydrogen) atoms. The third-order valence-corrected chi connectivity index (χ3v) is 8.62. The zero-order valence-corrected chi connectivity index (χ0v) is 20.5. The van der Waals surface area contributed by atoms with Crippen LogP contribution in [-0.4, -0.2) is 59.2 Å². The molecule has 1 fully saturated rings. The van der Waals surface area contributed by atoms with Gasteiger partial charge in [-0.25, -0.2) is 31.9 Å². The van der Waals surface area contributed by atoms with Gasteiger partial charge in [0, 0.05) is 19.2 Å². The number of aryl methyl sites for hydroxylation is 1. The quantitative estimate of drug-likeness (QED) is 0.488. The Kier molecular flexibility index (Phi) is 6.74. The summed E-state index contributed by atoms with van der Waals surface area (Å²) in [6.07, 6.45) is 4.89. The van der Waals surface area contributed by atoms with Gasteiger partial charge in [0.1, 0.15) is 33.4 Å². The average molecular weight is 509 g/mol. The van der Waals surface area contributed by atoms with Crippen molar-refractivity contribution in [2.75, 3.05) is 18.6 Å². The SMILES string of the molecule is Cc1c(C(=O)O)sc2ncnc(Nc3ccc(F)cc3O[C@H]3CC[C@@H](N(C)S(C)(=O)=O)CC3)c12. The number of thiophene rings is 1. The second-order valence-electron chi connectivity index (χ2n) is 8.36. The van der Waals surface area contributed by atoms with Gasteiger partial charge in [-0.05, 0) is 50.3 Å². The number of aromatic carboxylic acids is 1. The molecule has 0 saturated heterocycles. The van der Waals surface area contributed by atoms with Crippen molar-refractivity contribution in [3.63, 3.8) is 0 Å². The van der Waals surface area contributed by atoms with Crippen molar-refractivity contribution in [1.29, 1.82) is 0 Å². The zero-order chi connectivity index (χ0) is 24.6. The summed E-state index contributed by atoms with van der Waals surface area (Å²) in [7, 11) is -1.68. The lowest BCUT2D eigenvalue weighted by molar-refractivity contribution is 0.0701. The molecule has 2 aromatic heterocycles. The molecule has 2 N–H and O–H groups in total. The molecule has 0 spiro atoms. The Hall–Kier alpha value is -2.83. The maximum absolute atomic E-state index is 14.1. The van der Waals surface area contributed by atoms with Gasteiger partial charge in [-0.3, -0.25) is 0 Å². The van der Waals surface area contributed by atoms with Crippen LogP contribution in [0.4, 0.5) is 15.9 Å². The molecule has 0 bridgehead atoms. The smallest absolute Gasteiger partial charge is 0.346 e. The van der Waals surface area contributed by atoms with E-state index in [0.29, 0.717) is 58.7 Å². The van der Waals surface area contributed by atoms with Crippen LogP contribution in [0.2, 0.25) is 0 Å². The second-order valence-corrected chi connectivity index (χ2v) is 11.4. The number of benzene rings is 1. The van der Waals surface area contributed by atoms with Gasteiger partial charge in [0.05, 0.1) is 23.4 Å². The average Bonchev–Trinajstić information content (AvgIpc) is 3.13. The van der Waals surface area contributed by atoms with Crippen molar-refractivity contribution < 1.29 is 27.4 Å². The van der Waals surface area contributed by atoms with E-state index < -0.39 is 21.8 Å². The first kappa shape index (κ1) is 24.3. The number of nitrogens with zero attached hydrogens (tertiary/aromatic N) is 3. The van der Waals surface area contributed by atoms with Gasteiger partial charge >= 0.3 is 5.97 Å². The van der Waals surface area contributed by atoms with Crippen LogP contribution in [0, 0.1) is 12.7 Å². The molecule has 4 rings (SSSR count). The van der Waals surface area contributed by atoms with E-state index in [-0.39, 0.29) is 17.0 Å². The highest BCUT2D eigenvalue weighted by atomic mass is 32.2. The van der Waals surface area contributed by atoms with Crippen molar-refractivity contribution in [2.24, 2.45) is 0 Å². The van der Waals surface area contributed by atoms with E-state index in [9.17, 15) is 22.7 Å². The molecule has 0 amide bonds. The molecule has 182 valence electrons. The molecule has 12 heteroatoms. The number of carboxylic acids is 1. The van der Waals surface area contributed by atoms with E-state index in [0.717, 1.165) is 11.3 Å². The highest BCUT2D eigenvalue weighted by molar-refractivity contribution is 7.88. The Bertz CT molecular complexity index is 1340. The Morgan fingerprint density at radius 2 is 1.97 bits per heavy atom. The number of rotatable bonds is 7. The number of carbonyl (C=O) groups is 1. The number of fused-ring (bicyclic) bond motifs is 1. The Labute approximate surface area is 200 Å². The molecule has 0 aliphatic heterocycles. The van der Waals surface area contributed by atoms with Crippen LogP contribution in [0.15, 0.2) is 24.5 Å². The summed E-state index contributed by atoms with van der Waals surface area (Å²) >= 11 is 1.07. The number of hydrogen-bond acceptors (Lipinski definition) is 8. The zero-order valence-electron chi connectivity index (χ0n) is 18.9. The number of ether oxygens (including phenoxy) is 1. The summed E-state index contributed by atoms with van der Waals surface area (Å²) in [5, 5.41) is 13.2. The molecule has 3 aromatic rings. The number of aromatic nitrogens is 2. The molecule has 9 nitrogen and oxygen atoms in total. The summed E-state index contributed by atoms with van der Waals surface area (Å²) in [5.74, 6) is -0.785. The minimum absolute atomic E-state index is 0.0840. The van der Waals surface area contributed by atoms with E-state index in [1.165, 1.54) is 29.0 Å². The summed E-state index contributed by atoms with van der Waals surface area (Å²) in [4.78, 5) is 20.7. The summed E-state index contributed by atoms with van der Waals surface area (Å²) in [6, 6.07) is 4.05. The number of carboxylic acid groups (broad SMARTS) is 1. The van der Waals surface area contributed by atoms with Gasteiger partial charge in [-0.1, -0.05) is 0 Å². The van der Waals surface area contributed by atoms with Gasteiger partial charge in [0.15, 0.2) is 0 Å². The fourth-order valence-corrected chi connectivity index (χ4v) is 5.91. The van der Waals surface area contributed by atoms with Gasteiger partial charge < -0.3 is 15.2 Å². The van der Waals surface area contributed by atoms with Crippen LogP contribution >= 0.6 is 11.3 Å². The van der Waals surface area contributed by atoms with E-state index >= 15 is 0 Å². The van der Waals surface area contributed by atoms with Crippen molar-refractivity contribution in [1.82, 2.24) is 14.3 Å². The number of halogens is 1. The minimum atomic E-state index is -3.27. The molecule has 1 aromatic carbocycles. The van der Waals surface area contributed by atoms with E-state index in [1.54, 1.807) is 20.0 Å². The fraction of sp³-hybridized carbons (Fsp3) is 0.409. The fourth-order valence-electron chi connectivity index (χ4n) is 4.17. The predicted molar refractivity (Wildman–Crippen MR) is 128 cm³/mol. The minimum Gasteiger partial charge on any atom is -0.488 e. The van der Waals surface area contributed by atoms with E-state index in [4.69, 9.17) is 4.74 Å². The van der Waals surface area contributed by atoms with E-state index in [1.807, 2.05) is 0 Å². The molecular weight excluding hydrogens is 483 g/mol. The molecule has 0 radical (unpaired) electrons. The predicted octanol–water partition coefficient (Wildman–Crippen LogP) is 4.16. The van der Waals surface area contributed by atoms with Crippen LogP contribution in [-0.2, 0) is 10.0 Å². The van der Waals surface area contributed by atoms with Gasteiger partial charge in [0.2, 0.25) is 10.0 Å². The number of hydrogen-bond donors (Lipinski definition) is 2. The van der Waals surface area contributed by atoms with Crippen LogP contribution < -0.4 is 10.1 Å². The Balaban J connectivity index is 1.56. The topological polar surface area (TPSA) is 122 Å². The first-order valence-electron chi connectivity index (χ1n) is 10.7. The highest BCUT2D eigenvalue weighted by Gasteiger charge is 2.29. The third kappa shape index (κ3) is 4.98. The maximum atomic E-state index is 14.1. The van der Waals surface area contributed by atoms with Crippen LogP contribution in [0.5, 0.6) is 5.75 Å². The lowest BCUT2D eigenvalue weighted by atomic mass is 9.93. The number of nitrogens with one attached hydrogen (secondary N) is 1. The highest BCUT2D eigenvalue weighted by Crippen LogP contribution is 2.37. The normalized spacial score (nSPS) is 18.9. The Morgan fingerprint density at radius 3 is 2.62 bits per heavy atom. The number of anilines is 2. The molecule has 1 saturated carbocycles. The van der Waals surface area contributed by atoms with Crippen LogP contribution in [0.1, 0.15) is 40.9 Å². The van der Waals surface area contributed by atoms with Gasteiger partial charge in [-0.2, -0.15) is 0 Å². The molecule has 2 heterocycles. The third-order valence-electron chi connectivity index (χ3n) is 6.09. The lowest BCUT2D eigenvalue weighted by Gasteiger charge is -2.33. The summed E-state index contributed by atoms with van der Waals surface area (Å²) in [5.41, 5.74) is 1.03. The maximum Gasteiger partial charge on any atom is 0.346 e. The standard InChI is InChI=1S/C22H25FN4O5S2/c1-12-18-20(24-11-25-21(18)33-19(12)22(28)29)26-16-9-4-13(23)10-17(16)32-15-7-5-14(6-8-15)27(2)34(3,30)31/h4,9-11,14-15H,5-8H2,1-3H3,(H,28,29)(H,24,25,26)/t14-,15+. The molecule has 1 aliphatic carbocycles. The van der Waals surface area contributed by atoms with Gasteiger partial charge in [0.25, 0.3) is 0 Å². The monoisotopic (exact) mass is 508 g/mol. The van der Waals surface area contributed by atoms with Crippen molar-refractivity contribution in [3.05, 3.63) is 40.8 Å². The van der Waals surface area contributed by atoms with Crippen LogP contribution in [0.3, 0.4) is 0 Å². The first-order chi connectivity index (χ1) is 16.0. The molecule has 0 unspecified atom stereocenters. The van der Waals surface area contributed by atoms with Crippen molar-refractivity contribution >= 4 is 49.1 Å². The largest absolute Gasteiger partial charge is 0.488 e. The summed E-state index contributed by atoms with van der Waals surface area (Å²) < 4.78 is 45.2. The molecular formula is C22H25FN4O5S2. The van der Waals surface area contributed by atoms with Gasteiger partial charge in [-0.15, -0.1) is 11.3 Å². The van der Waals surface area contributed by atoms with Crippen LogP contribution in [0.25, 0.3) is 10.2 Å². The number of sulfonamides is 1. The van der Waals surface area contributed by atoms with Crippen molar-refractivity contribution in [3.8, 4) is 5.75 Å². The molecule has 0 atom stereocenters. The lowest BCUT2D eigenvalue weighted by Crippen LogP contribution is -2.40. The second kappa shape index (κ2) is 9.43. The van der Waals surface area contributed by atoms with Crippen molar-refractivity contribution in [2.45, 2.75) is 44.8 Å².